The van der Waals surface area contributed by atoms with Gasteiger partial charge in [-0.3, -0.25) is 9.59 Å². The molecule has 0 saturated heterocycles. The summed E-state index contributed by atoms with van der Waals surface area (Å²) in [5, 5.41) is 5.58. The third-order valence-corrected chi connectivity index (χ3v) is 3.44. The van der Waals surface area contributed by atoms with E-state index in [4.69, 9.17) is 0 Å². The SMILES string of the molecule is COC(=O)c1cccc(NC(=O)c2ccc(C(=O)NC(C)(C)C)cc2)c1. The molecule has 2 aromatic rings. The Labute approximate surface area is 152 Å². The summed E-state index contributed by atoms with van der Waals surface area (Å²) in [5.41, 5.74) is 1.37. The van der Waals surface area contributed by atoms with Gasteiger partial charge in [-0.25, -0.2) is 4.79 Å². The van der Waals surface area contributed by atoms with Gasteiger partial charge in [-0.15, -0.1) is 0 Å². The number of hydrogen-bond donors (Lipinski definition) is 2. The minimum atomic E-state index is -0.477. The highest BCUT2D eigenvalue weighted by molar-refractivity contribution is 6.05. The third-order valence-electron chi connectivity index (χ3n) is 3.44. The molecule has 0 aromatic heterocycles. The summed E-state index contributed by atoms with van der Waals surface area (Å²) in [7, 11) is 1.30. The van der Waals surface area contributed by atoms with Crippen LogP contribution in [0.4, 0.5) is 5.69 Å². The third kappa shape index (κ3) is 5.17. The van der Waals surface area contributed by atoms with Crippen LogP contribution in [0.15, 0.2) is 48.5 Å². The maximum Gasteiger partial charge on any atom is 0.337 e. The molecule has 2 N–H and O–H groups in total. The molecule has 0 heterocycles. The van der Waals surface area contributed by atoms with Gasteiger partial charge in [-0.05, 0) is 63.2 Å². The molecule has 0 saturated carbocycles. The van der Waals surface area contributed by atoms with Crippen molar-refractivity contribution >= 4 is 23.5 Å². The average molecular weight is 354 g/mol. The van der Waals surface area contributed by atoms with Crippen molar-refractivity contribution in [3.8, 4) is 0 Å². The Bertz CT molecular complexity index is 820. The largest absolute Gasteiger partial charge is 0.465 e. The second kappa shape index (κ2) is 7.82. The van der Waals surface area contributed by atoms with E-state index in [1.165, 1.54) is 13.2 Å². The van der Waals surface area contributed by atoms with Crippen molar-refractivity contribution in [1.82, 2.24) is 5.32 Å². The van der Waals surface area contributed by atoms with Crippen LogP contribution in [0, 0.1) is 0 Å². The Morgan fingerprint density at radius 3 is 1.96 bits per heavy atom. The molecule has 2 aromatic carbocycles. The van der Waals surface area contributed by atoms with Crippen molar-refractivity contribution in [1.29, 1.82) is 0 Å². The topological polar surface area (TPSA) is 84.5 Å². The number of carbonyl (C=O) groups is 3. The van der Waals surface area contributed by atoms with Gasteiger partial charge in [0.15, 0.2) is 0 Å². The molecule has 0 aliphatic rings. The van der Waals surface area contributed by atoms with Crippen molar-refractivity contribution in [2.24, 2.45) is 0 Å². The first kappa shape index (κ1) is 19.2. The number of carbonyl (C=O) groups excluding carboxylic acids is 3. The lowest BCUT2D eigenvalue weighted by atomic mass is 10.1. The molecule has 26 heavy (non-hydrogen) atoms. The monoisotopic (exact) mass is 354 g/mol. The fourth-order valence-corrected chi connectivity index (χ4v) is 2.23. The molecular formula is C20H22N2O4. The van der Waals surface area contributed by atoms with Gasteiger partial charge >= 0.3 is 5.97 Å². The van der Waals surface area contributed by atoms with Gasteiger partial charge in [-0.1, -0.05) is 6.07 Å². The Morgan fingerprint density at radius 2 is 1.42 bits per heavy atom. The van der Waals surface area contributed by atoms with Crippen molar-refractivity contribution < 1.29 is 19.1 Å². The standard InChI is InChI=1S/C20H22N2O4/c1-20(2,3)22-18(24)14-10-8-13(9-11-14)17(23)21-16-7-5-6-15(12-16)19(25)26-4/h5-12H,1-4H3,(H,21,23)(H,22,24). The molecule has 0 spiro atoms. The van der Waals surface area contributed by atoms with Crippen LogP contribution in [0.5, 0.6) is 0 Å². The molecule has 0 atom stereocenters. The molecule has 6 heteroatoms. The number of benzene rings is 2. The number of anilines is 1. The van der Waals surface area contributed by atoms with E-state index in [1.807, 2.05) is 20.8 Å². The Kier molecular flexibility index (Phi) is 5.77. The van der Waals surface area contributed by atoms with Crippen LogP contribution < -0.4 is 10.6 Å². The minimum Gasteiger partial charge on any atom is -0.465 e. The van der Waals surface area contributed by atoms with Crippen LogP contribution >= 0.6 is 0 Å². The molecule has 0 radical (unpaired) electrons. The molecule has 2 rings (SSSR count). The number of rotatable bonds is 4. The second-order valence-electron chi connectivity index (χ2n) is 6.81. The molecular weight excluding hydrogens is 332 g/mol. The van der Waals surface area contributed by atoms with E-state index >= 15 is 0 Å². The van der Waals surface area contributed by atoms with E-state index in [2.05, 4.69) is 15.4 Å². The average Bonchev–Trinajstić information content (AvgIpc) is 2.60. The van der Waals surface area contributed by atoms with Gasteiger partial charge in [0.25, 0.3) is 11.8 Å². The molecule has 0 aliphatic heterocycles. The number of methoxy groups -OCH3 is 1. The zero-order valence-electron chi connectivity index (χ0n) is 15.3. The summed E-state index contributed by atoms with van der Waals surface area (Å²) in [6, 6.07) is 12.8. The van der Waals surface area contributed by atoms with Crippen LogP contribution in [0.2, 0.25) is 0 Å². The smallest absolute Gasteiger partial charge is 0.337 e. The summed E-state index contributed by atoms with van der Waals surface area (Å²) in [4.78, 5) is 36.0. The maximum absolute atomic E-state index is 12.3. The fourth-order valence-electron chi connectivity index (χ4n) is 2.23. The molecule has 0 fully saturated rings. The van der Waals surface area contributed by atoms with Crippen molar-refractivity contribution in [3.05, 3.63) is 65.2 Å². The van der Waals surface area contributed by atoms with Crippen LogP contribution in [-0.2, 0) is 4.74 Å². The number of amides is 2. The first-order valence-corrected chi connectivity index (χ1v) is 8.12. The molecule has 0 aliphatic carbocycles. The van der Waals surface area contributed by atoms with Gasteiger partial charge < -0.3 is 15.4 Å². The highest BCUT2D eigenvalue weighted by Gasteiger charge is 2.16. The predicted molar refractivity (Wildman–Crippen MR) is 99.4 cm³/mol. The maximum atomic E-state index is 12.3. The molecule has 0 bridgehead atoms. The Hall–Kier alpha value is -3.15. The van der Waals surface area contributed by atoms with E-state index < -0.39 is 5.97 Å². The summed E-state index contributed by atoms with van der Waals surface area (Å²) < 4.78 is 4.66. The van der Waals surface area contributed by atoms with Gasteiger partial charge in [0.1, 0.15) is 0 Å². The minimum absolute atomic E-state index is 0.199. The zero-order chi connectivity index (χ0) is 19.3. The lowest BCUT2D eigenvalue weighted by Crippen LogP contribution is -2.40. The Balaban J connectivity index is 2.09. The van der Waals surface area contributed by atoms with Crippen LogP contribution in [0.25, 0.3) is 0 Å². The van der Waals surface area contributed by atoms with Gasteiger partial charge in [0, 0.05) is 22.4 Å². The first-order valence-electron chi connectivity index (χ1n) is 8.12. The van der Waals surface area contributed by atoms with E-state index in [9.17, 15) is 14.4 Å². The predicted octanol–water partition coefficient (Wildman–Crippen LogP) is 3.25. The van der Waals surface area contributed by atoms with Crippen molar-refractivity contribution in [2.45, 2.75) is 26.3 Å². The van der Waals surface area contributed by atoms with Gasteiger partial charge in [0.05, 0.1) is 12.7 Å². The lowest BCUT2D eigenvalue weighted by molar-refractivity contribution is 0.0600. The first-order chi connectivity index (χ1) is 12.2. The lowest BCUT2D eigenvalue weighted by Gasteiger charge is -2.20. The summed E-state index contributed by atoms with van der Waals surface area (Å²) in [5.74, 6) is -1.01. The Morgan fingerprint density at radius 1 is 0.846 bits per heavy atom. The summed E-state index contributed by atoms with van der Waals surface area (Å²) in [6.45, 7) is 5.69. The number of nitrogens with one attached hydrogen (secondary N) is 2. The molecule has 2 amide bonds. The van der Waals surface area contributed by atoms with E-state index in [0.717, 1.165) is 0 Å². The van der Waals surface area contributed by atoms with Gasteiger partial charge in [-0.2, -0.15) is 0 Å². The van der Waals surface area contributed by atoms with Crippen LogP contribution in [-0.4, -0.2) is 30.4 Å². The summed E-state index contributed by atoms with van der Waals surface area (Å²) in [6.07, 6.45) is 0. The molecule has 136 valence electrons. The number of hydrogen-bond acceptors (Lipinski definition) is 4. The van der Waals surface area contributed by atoms with E-state index in [1.54, 1.807) is 42.5 Å². The number of ether oxygens (including phenoxy) is 1. The van der Waals surface area contributed by atoms with Crippen LogP contribution in [0.3, 0.4) is 0 Å². The fraction of sp³-hybridized carbons (Fsp3) is 0.250. The normalized spacial score (nSPS) is 10.8. The quantitative estimate of drug-likeness (QED) is 0.826. The molecule has 6 nitrogen and oxygen atoms in total. The van der Waals surface area contributed by atoms with E-state index in [-0.39, 0.29) is 17.4 Å². The highest BCUT2D eigenvalue weighted by atomic mass is 16.5. The van der Waals surface area contributed by atoms with E-state index in [0.29, 0.717) is 22.4 Å². The van der Waals surface area contributed by atoms with Gasteiger partial charge in [0.2, 0.25) is 0 Å². The highest BCUT2D eigenvalue weighted by Crippen LogP contribution is 2.14. The van der Waals surface area contributed by atoms with Crippen LogP contribution in [0.1, 0.15) is 51.8 Å². The number of esters is 1. The van der Waals surface area contributed by atoms with Crippen molar-refractivity contribution in [3.63, 3.8) is 0 Å². The summed E-state index contributed by atoms with van der Waals surface area (Å²) >= 11 is 0. The zero-order valence-corrected chi connectivity index (χ0v) is 15.3. The molecule has 0 unspecified atom stereocenters. The second-order valence-corrected chi connectivity index (χ2v) is 6.81. The van der Waals surface area contributed by atoms with Crippen molar-refractivity contribution in [2.75, 3.05) is 12.4 Å².